The van der Waals surface area contributed by atoms with Crippen molar-refractivity contribution in [3.05, 3.63) is 53.9 Å². The van der Waals surface area contributed by atoms with Gasteiger partial charge in [-0.1, -0.05) is 47.7 Å². The first-order valence-corrected chi connectivity index (χ1v) is 10.9. The zero-order chi connectivity index (χ0) is 18.3. The molecule has 3 saturated carbocycles. The number of aromatic nitrogens is 4. The number of thioether (sulfide) groups is 1. The zero-order valence-corrected chi connectivity index (χ0v) is 16.1. The zero-order valence-electron chi connectivity index (χ0n) is 15.3. The Morgan fingerprint density at radius 1 is 1.26 bits per heavy atom. The summed E-state index contributed by atoms with van der Waals surface area (Å²) >= 11 is 2.07. The molecule has 2 unspecified atom stereocenters. The van der Waals surface area contributed by atoms with Crippen LogP contribution in [0.4, 0.5) is 0 Å². The molecule has 140 valence electrons. The molecule has 5 rings (SSSR count). The number of H-pyrrole nitrogens is 1. The van der Waals surface area contributed by atoms with Crippen molar-refractivity contribution in [2.24, 2.45) is 16.7 Å². The van der Waals surface area contributed by atoms with E-state index in [1.807, 2.05) is 0 Å². The Bertz CT molecular complexity index is 852. The molecule has 0 saturated heterocycles. The second-order valence-corrected chi connectivity index (χ2v) is 9.16. The quantitative estimate of drug-likeness (QED) is 0.530. The molecule has 1 N–H and O–H groups in total. The van der Waals surface area contributed by atoms with Crippen LogP contribution < -0.4 is 0 Å². The fraction of sp³-hybridized carbons (Fsp3) is 0.524. The van der Waals surface area contributed by atoms with Crippen LogP contribution in [-0.4, -0.2) is 31.7 Å². The monoisotopic (exact) mass is 380 g/mol. The lowest BCUT2D eigenvalue weighted by atomic mass is 9.85. The third kappa shape index (κ3) is 2.60. The van der Waals surface area contributed by atoms with E-state index < -0.39 is 0 Å². The molecular formula is C21H24N4OS. The third-order valence-electron chi connectivity index (χ3n) is 6.84. The van der Waals surface area contributed by atoms with Crippen molar-refractivity contribution in [2.45, 2.75) is 49.5 Å². The molecule has 1 aromatic carbocycles. The summed E-state index contributed by atoms with van der Waals surface area (Å²) in [5, 5.41) is 14.7. The van der Waals surface area contributed by atoms with E-state index in [2.05, 4.69) is 74.9 Å². The van der Waals surface area contributed by atoms with Crippen LogP contribution in [0.15, 0.2) is 42.5 Å². The van der Waals surface area contributed by atoms with Gasteiger partial charge in [0.05, 0.1) is 0 Å². The Kier molecular flexibility index (Phi) is 4.19. The van der Waals surface area contributed by atoms with Crippen LogP contribution in [0.2, 0.25) is 0 Å². The molecule has 1 aromatic heterocycles. The first-order valence-electron chi connectivity index (χ1n) is 9.85. The summed E-state index contributed by atoms with van der Waals surface area (Å²) in [4.78, 5) is 12.6. The summed E-state index contributed by atoms with van der Waals surface area (Å²) in [6.07, 6.45) is 10.2. The van der Waals surface area contributed by atoms with E-state index in [0.717, 1.165) is 50.1 Å². The van der Waals surface area contributed by atoms with Gasteiger partial charge in [0.2, 0.25) is 0 Å². The summed E-state index contributed by atoms with van der Waals surface area (Å²) in [6.45, 7) is 0. The number of unbranched alkanes of at least 4 members (excludes halogenated alkanes) is 1. The van der Waals surface area contributed by atoms with Gasteiger partial charge in [0.15, 0.2) is 5.82 Å². The molecule has 0 bridgehead atoms. The summed E-state index contributed by atoms with van der Waals surface area (Å²) in [6, 6.07) is 10.7. The van der Waals surface area contributed by atoms with Crippen LogP contribution in [-0.2, 0) is 17.0 Å². The summed E-state index contributed by atoms with van der Waals surface area (Å²) < 4.78 is 0. The maximum atomic E-state index is 12.6. The number of carbonyl (C=O) groups is 1. The van der Waals surface area contributed by atoms with Gasteiger partial charge in [0.25, 0.3) is 0 Å². The lowest BCUT2D eigenvalue weighted by Gasteiger charge is -2.24. The number of allylic oxidation sites excluding steroid dienone is 2. The molecule has 1 spiro atoms. The second-order valence-electron chi connectivity index (χ2n) is 8.03. The number of nitrogens with one attached hydrogen (secondary N) is 1. The molecule has 4 atom stereocenters. The average Bonchev–Trinajstić information content (AvgIpc) is 3.34. The smallest absolute Gasteiger partial charge is 0.174 e. The molecule has 0 radical (unpaired) electrons. The van der Waals surface area contributed by atoms with E-state index >= 15 is 0 Å². The van der Waals surface area contributed by atoms with Crippen molar-refractivity contribution in [1.29, 1.82) is 0 Å². The number of aromatic amines is 1. The number of nitrogens with zero attached hydrogens (tertiary/aromatic N) is 3. The Morgan fingerprint density at radius 3 is 2.93 bits per heavy atom. The Morgan fingerprint density at radius 2 is 2.15 bits per heavy atom. The topological polar surface area (TPSA) is 71.5 Å². The van der Waals surface area contributed by atoms with Crippen LogP contribution in [0, 0.1) is 16.7 Å². The summed E-state index contributed by atoms with van der Waals surface area (Å²) in [5.74, 6) is 3.01. The molecule has 3 fully saturated rings. The van der Waals surface area contributed by atoms with E-state index in [1.165, 1.54) is 5.56 Å². The molecule has 2 aromatic rings. The second kappa shape index (κ2) is 6.59. The van der Waals surface area contributed by atoms with Gasteiger partial charge in [-0.05, 0) is 37.2 Å². The molecule has 27 heavy (non-hydrogen) atoms. The van der Waals surface area contributed by atoms with Gasteiger partial charge in [-0.15, -0.1) is 10.2 Å². The maximum absolute atomic E-state index is 12.6. The van der Waals surface area contributed by atoms with Crippen molar-refractivity contribution in [2.75, 3.05) is 0 Å². The molecule has 5 nitrogen and oxygen atoms in total. The SMILES string of the molecule is O=C1CC[C@@]23C(SCc4ccccc4)C2[C@@]13C/C=C\CCCc1nn[nH]n1. The number of hydrogen-bond acceptors (Lipinski definition) is 5. The molecular weight excluding hydrogens is 356 g/mol. The van der Waals surface area contributed by atoms with Crippen molar-refractivity contribution >= 4 is 17.5 Å². The van der Waals surface area contributed by atoms with E-state index in [1.54, 1.807) is 0 Å². The normalized spacial score (nSPS) is 33.3. The van der Waals surface area contributed by atoms with Crippen LogP contribution >= 0.6 is 11.8 Å². The van der Waals surface area contributed by atoms with Gasteiger partial charge in [-0.2, -0.15) is 17.0 Å². The fourth-order valence-corrected chi connectivity index (χ4v) is 7.39. The number of aryl methyl sites for hydroxylation is 1. The molecule has 3 aliphatic carbocycles. The highest BCUT2D eigenvalue weighted by atomic mass is 32.2. The van der Waals surface area contributed by atoms with Crippen LogP contribution in [0.5, 0.6) is 0 Å². The Hall–Kier alpha value is -1.95. The largest absolute Gasteiger partial charge is 0.299 e. The predicted molar refractivity (Wildman–Crippen MR) is 105 cm³/mol. The molecule has 6 heteroatoms. The minimum Gasteiger partial charge on any atom is -0.299 e. The van der Waals surface area contributed by atoms with Gasteiger partial charge >= 0.3 is 0 Å². The number of fused-ring (bicyclic) bond motifs is 1. The lowest BCUT2D eigenvalue weighted by molar-refractivity contribution is -0.124. The van der Waals surface area contributed by atoms with Crippen molar-refractivity contribution in [3.63, 3.8) is 0 Å². The summed E-state index contributed by atoms with van der Waals surface area (Å²) in [7, 11) is 0. The first-order chi connectivity index (χ1) is 13.3. The minimum absolute atomic E-state index is 0.00548. The number of rotatable bonds is 9. The number of benzene rings is 1. The first kappa shape index (κ1) is 17.2. The van der Waals surface area contributed by atoms with Gasteiger partial charge in [-0.3, -0.25) is 4.79 Å². The van der Waals surface area contributed by atoms with Crippen molar-refractivity contribution in [3.8, 4) is 0 Å². The molecule has 0 amide bonds. The number of tetrazole rings is 1. The van der Waals surface area contributed by atoms with E-state index in [4.69, 9.17) is 0 Å². The van der Waals surface area contributed by atoms with E-state index in [9.17, 15) is 4.79 Å². The third-order valence-corrected chi connectivity index (χ3v) is 8.39. The van der Waals surface area contributed by atoms with Gasteiger partial charge in [-0.25, -0.2) is 0 Å². The van der Waals surface area contributed by atoms with Crippen LogP contribution in [0.25, 0.3) is 0 Å². The van der Waals surface area contributed by atoms with Gasteiger partial charge in [0.1, 0.15) is 5.78 Å². The van der Waals surface area contributed by atoms with Crippen molar-refractivity contribution in [1.82, 2.24) is 20.6 Å². The molecule has 1 heterocycles. The van der Waals surface area contributed by atoms with Crippen LogP contribution in [0.1, 0.15) is 43.5 Å². The fourth-order valence-electron chi connectivity index (χ4n) is 5.47. The summed E-state index contributed by atoms with van der Waals surface area (Å²) in [5.41, 5.74) is 1.74. The maximum Gasteiger partial charge on any atom is 0.174 e. The highest BCUT2D eigenvalue weighted by Crippen LogP contribution is 2.96. The highest BCUT2D eigenvalue weighted by Gasteiger charge is 2.98. The van der Waals surface area contributed by atoms with Crippen molar-refractivity contribution < 1.29 is 4.79 Å². The van der Waals surface area contributed by atoms with E-state index in [-0.39, 0.29) is 5.41 Å². The van der Waals surface area contributed by atoms with Gasteiger partial charge in [0, 0.05) is 34.7 Å². The number of ketones is 1. The van der Waals surface area contributed by atoms with Crippen LogP contribution in [0.3, 0.4) is 0 Å². The molecule has 3 aliphatic rings. The van der Waals surface area contributed by atoms with E-state index in [0.29, 0.717) is 22.4 Å². The average molecular weight is 381 g/mol. The standard InChI is InChI=1S/C21H24N4OS/c26-16-11-13-21-18(19(21)27-14-15-8-4-3-5-9-15)20(16,21)12-7-2-1-6-10-17-22-24-25-23-17/h2-5,7-9,18-19H,1,6,10-14H2,(H,22,23,24,25)/b7-2-/t18?,19?,20-,21+/m1/s1. The Balaban J connectivity index is 1.11. The molecule has 0 aliphatic heterocycles. The minimum atomic E-state index is 0.00548. The van der Waals surface area contributed by atoms with Gasteiger partial charge < -0.3 is 0 Å². The number of carbonyl (C=O) groups excluding carboxylic acids is 1. The number of Topliss-reactive ketones (excluding diaryl/α,β-unsaturated/α-hetero) is 1. The highest BCUT2D eigenvalue weighted by molar-refractivity contribution is 7.99. The Labute approximate surface area is 163 Å². The predicted octanol–water partition coefficient (Wildman–Crippen LogP) is 3.75. The lowest BCUT2D eigenvalue weighted by Crippen LogP contribution is -2.27. The number of hydrogen-bond donors (Lipinski definition) is 1.